The molecule has 0 spiro atoms. The van der Waals surface area contributed by atoms with Crippen molar-refractivity contribution in [1.82, 2.24) is 19.9 Å². The Balaban J connectivity index is 1.74. The van der Waals surface area contributed by atoms with Crippen molar-refractivity contribution in [2.45, 2.75) is 25.8 Å². The summed E-state index contributed by atoms with van der Waals surface area (Å²) in [6.07, 6.45) is 3.28. The number of nitriles is 1. The van der Waals surface area contributed by atoms with Gasteiger partial charge in [0.1, 0.15) is 6.07 Å². The number of hydrogen-bond donors (Lipinski definition) is 0. The zero-order chi connectivity index (χ0) is 14.5. The van der Waals surface area contributed by atoms with Crippen molar-refractivity contribution in [3.05, 3.63) is 47.3 Å². The molecule has 2 aromatic rings. The second kappa shape index (κ2) is 6.51. The summed E-state index contributed by atoms with van der Waals surface area (Å²) >= 11 is 0. The highest BCUT2D eigenvalue weighted by Gasteiger charge is 2.16. The van der Waals surface area contributed by atoms with Gasteiger partial charge in [-0.25, -0.2) is 4.68 Å². The summed E-state index contributed by atoms with van der Waals surface area (Å²) in [4.78, 5) is 2.44. The van der Waals surface area contributed by atoms with Crippen molar-refractivity contribution >= 4 is 0 Å². The Bertz CT molecular complexity index is 620. The van der Waals surface area contributed by atoms with E-state index in [0.717, 1.165) is 18.8 Å². The molecule has 0 aliphatic carbocycles. The van der Waals surface area contributed by atoms with Gasteiger partial charge in [0.05, 0.1) is 12.2 Å². The minimum Gasteiger partial charge on any atom is -0.301 e. The molecule has 5 nitrogen and oxygen atoms in total. The maximum atomic E-state index is 9.21. The van der Waals surface area contributed by atoms with Gasteiger partial charge in [-0.1, -0.05) is 35.5 Å². The monoisotopic (exact) mass is 281 g/mol. The van der Waals surface area contributed by atoms with Crippen LogP contribution in [0.15, 0.2) is 30.3 Å². The van der Waals surface area contributed by atoms with E-state index in [-0.39, 0.29) is 0 Å². The highest BCUT2D eigenvalue weighted by molar-refractivity contribution is 5.30. The van der Waals surface area contributed by atoms with Gasteiger partial charge < -0.3 is 4.90 Å². The molecule has 1 aromatic carbocycles. The van der Waals surface area contributed by atoms with Gasteiger partial charge in [0.25, 0.3) is 0 Å². The molecule has 21 heavy (non-hydrogen) atoms. The summed E-state index contributed by atoms with van der Waals surface area (Å²) in [5, 5.41) is 17.4. The summed E-state index contributed by atoms with van der Waals surface area (Å²) < 4.78 is 1.89. The molecule has 5 heteroatoms. The second-order valence-electron chi connectivity index (χ2n) is 5.43. The number of nitrogens with zero attached hydrogens (tertiary/aromatic N) is 5. The zero-order valence-corrected chi connectivity index (χ0v) is 12.1. The van der Waals surface area contributed by atoms with E-state index in [4.69, 9.17) is 0 Å². The fraction of sp³-hybridized carbons (Fsp3) is 0.438. The fourth-order valence-electron chi connectivity index (χ4n) is 2.81. The first kappa shape index (κ1) is 13.8. The van der Waals surface area contributed by atoms with Gasteiger partial charge in [0, 0.05) is 13.0 Å². The van der Waals surface area contributed by atoms with Crippen molar-refractivity contribution in [2.24, 2.45) is 0 Å². The molecule has 2 heterocycles. The molecule has 3 rings (SSSR count). The average Bonchev–Trinajstić information content (AvgIpc) is 3.16. The molecule has 1 aliphatic rings. The highest BCUT2D eigenvalue weighted by Crippen LogP contribution is 2.13. The first-order chi connectivity index (χ1) is 10.4. The maximum Gasteiger partial charge on any atom is 0.186 e. The highest BCUT2D eigenvalue weighted by atomic mass is 15.4. The van der Waals surface area contributed by atoms with Crippen molar-refractivity contribution in [3.63, 3.8) is 0 Å². The van der Waals surface area contributed by atoms with Gasteiger partial charge in [-0.15, -0.1) is 5.10 Å². The lowest BCUT2D eigenvalue weighted by atomic mass is 10.1. The first-order valence-corrected chi connectivity index (χ1v) is 7.45. The molecular formula is C16H19N5. The van der Waals surface area contributed by atoms with E-state index in [1.807, 2.05) is 22.9 Å². The third kappa shape index (κ3) is 3.29. The van der Waals surface area contributed by atoms with Crippen LogP contribution < -0.4 is 0 Å². The third-order valence-electron chi connectivity index (χ3n) is 3.98. The van der Waals surface area contributed by atoms with E-state index in [9.17, 15) is 5.26 Å². The Labute approximate surface area is 124 Å². The average molecular weight is 281 g/mol. The van der Waals surface area contributed by atoms with Gasteiger partial charge in [-0.2, -0.15) is 5.26 Å². The van der Waals surface area contributed by atoms with Crippen molar-refractivity contribution in [2.75, 3.05) is 19.6 Å². The van der Waals surface area contributed by atoms with E-state index in [0.29, 0.717) is 12.1 Å². The first-order valence-electron chi connectivity index (χ1n) is 7.45. The van der Waals surface area contributed by atoms with E-state index >= 15 is 0 Å². The predicted molar refractivity (Wildman–Crippen MR) is 79.7 cm³/mol. The summed E-state index contributed by atoms with van der Waals surface area (Å²) in [6.45, 7) is 4.13. The van der Waals surface area contributed by atoms with Crippen LogP contribution in [-0.4, -0.2) is 39.5 Å². The predicted octanol–water partition coefficient (Wildman–Crippen LogP) is 1.84. The van der Waals surface area contributed by atoms with Crippen molar-refractivity contribution in [1.29, 1.82) is 5.26 Å². The van der Waals surface area contributed by atoms with Crippen LogP contribution in [0.5, 0.6) is 0 Å². The number of benzene rings is 1. The Morgan fingerprint density at radius 1 is 1.10 bits per heavy atom. The van der Waals surface area contributed by atoms with Crippen LogP contribution in [-0.2, 0) is 13.0 Å². The van der Waals surface area contributed by atoms with Crippen molar-refractivity contribution in [3.8, 4) is 6.07 Å². The Hall–Kier alpha value is -2.19. The van der Waals surface area contributed by atoms with Crippen LogP contribution in [0.4, 0.5) is 0 Å². The fourth-order valence-corrected chi connectivity index (χ4v) is 2.81. The van der Waals surface area contributed by atoms with Gasteiger partial charge in [-0.3, -0.25) is 0 Å². The SMILES string of the molecule is N#Cc1nnn(CCN2CCCC2)c1Cc1ccccc1. The molecule has 1 aliphatic heterocycles. The Kier molecular flexibility index (Phi) is 4.27. The molecule has 1 aromatic heterocycles. The minimum atomic E-state index is 0.445. The summed E-state index contributed by atoms with van der Waals surface area (Å²) in [5.74, 6) is 0. The number of likely N-dealkylation sites (tertiary alicyclic amines) is 1. The molecule has 0 N–H and O–H groups in total. The third-order valence-corrected chi connectivity index (χ3v) is 3.98. The van der Waals surface area contributed by atoms with E-state index in [2.05, 4.69) is 33.4 Å². The van der Waals surface area contributed by atoms with Crippen LogP contribution in [0.2, 0.25) is 0 Å². The summed E-state index contributed by atoms with van der Waals surface area (Å²) in [7, 11) is 0. The van der Waals surface area contributed by atoms with Crippen LogP contribution in [0.1, 0.15) is 29.8 Å². The number of rotatable bonds is 5. The topological polar surface area (TPSA) is 57.7 Å². The van der Waals surface area contributed by atoms with Crippen LogP contribution in [0.3, 0.4) is 0 Å². The van der Waals surface area contributed by atoms with Gasteiger partial charge >= 0.3 is 0 Å². The minimum absolute atomic E-state index is 0.445. The van der Waals surface area contributed by atoms with E-state index in [1.165, 1.54) is 31.5 Å². The zero-order valence-electron chi connectivity index (χ0n) is 12.1. The lowest BCUT2D eigenvalue weighted by molar-refractivity contribution is 0.312. The standard InChI is InChI=1S/C16H19N5/c17-13-15-16(12-14-6-2-1-3-7-14)21(19-18-15)11-10-20-8-4-5-9-20/h1-3,6-7H,4-5,8-12H2. The molecule has 0 saturated carbocycles. The summed E-state index contributed by atoms with van der Waals surface area (Å²) in [5.41, 5.74) is 2.54. The van der Waals surface area contributed by atoms with Gasteiger partial charge in [0.2, 0.25) is 0 Å². The van der Waals surface area contributed by atoms with Crippen LogP contribution in [0, 0.1) is 11.3 Å². The van der Waals surface area contributed by atoms with E-state index in [1.54, 1.807) is 0 Å². The molecule has 1 fully saturated rings. The molecule has 0 atom stereocenters. The van der Waals surface area contributed by atoms with Crippen molar-refractivity contribution < 1.29 is 0 Å². The van der Waals surface area contributed by atoms with Crippen LogP contribution >= 0.6 is 0 Å². The van der Waals surface area contributed by atoms with E-state index < -0.39 is 0 Å². The molecule has 1 saturated heterocycles. The Morgan fingerprint density at radius 3 is 2.57 bits per heavy atom. The largest absolute Gasteiger partial charge is 0.301 e. The molecular weight excluding hydrogens is 262 g/mol. The van der Waals surface area contributed by atoms with Crippen LogP contribution in [0.25, 0.3) is 0 Å². The maximum absolute atomic E-state index is 9.21. The Morgan fingerprint density at radius 2 is 1.86 bits per heavy atom. The lowest BCUT2D eigenvalue weighted by Gasteiger charge is -2.15. The summed E-state index contributed by atoms with van der Waals surface area (Å²) in [6, 6.07) is 12.3. The molecule has 0 radical (unpaired) electrons. The molecule has 0 unspecified atom stereocenters. The molecule has 0 bridgehead atoms. The smallest absolute Gasteiger partial charge is 0.186 e. The lowest BCUT2D eigenvalue weighted by Crippen LogP contribution is -2.25. The second-order valence-corrected chi connectivity index (χ2v) is 5.43. The normalized spacial score (nSPS) is 15.2. The quantitative estimate of drug-likeness (QED) is 0.839. The molecule has 0 amide bonds. The van der Waals surface area contributed by atoms with Gasteiger partial charge in [-0.05, 0) is 31.5 Å². The molecule has 108 valence electrons. The van der Waals surface area contributed by atoms with Gasteiger partial charge in [0.15, 0.2) is 5.69 Å². The number of aromatic nitrogens is 3. The number of hydrogen-bond acceptors (Lipinski definition) is 4.